The Morgan fingerprint density at radius 3 is 2.55 bits per heavy atom. The van der Waals surface area contributed by atoms with Gasteiger partial charge in [0.15, 0.2) is 11.5 Å². The van der Waals surface area contributed by atoms with Gasteiger partial charge in [-0.25, -0.2) is 5.43 Å². The third kappa shape index (κ3) is 6.07. The first-order valence-electron chi connectivity index (χ1n) is 9.64. The fourth-order valence-electron chi connectivity index (χ4n) is 3.16. The number of carbonyl (C=O) groups excluding carboxylic acids is 2. The highest BCUT2D eigenvalue weighted by atomic mass is 16.5. The topological polar surface area (TPSA) is 89.0 Å². The second-order valence-electron chi connectivity index (χ2n) is 6.84. The predicted octanol–water partition coefficient (Wildman–Crippen LogP) is 2.78. The summed E-state index contributed by atoms with van der Waals surface area (Å²) in [5.74, 6) is -0.275. The van der Waals surface area contributed by atoms with E-state index in [4.69, 9.17) is 9.47 Å². The van der Waals surface area contributed by atoms with E-state index in [0.29, 0.717) is 23.7 Å². The number of nitrogens with one attached hydrogen (secondary N) is 2. The maximum Gasteiger partial charge on any atom is 0.329 e. The summed E-state index contributed by atoms with van der Waals surface area (Å²) in [7, 11) is 1.56. The molecule has 0 atom stereocenters. The second kappa shape index (κ2) is 10.3. The van der Waals surface area contributed by atoms with Crippen LogP contribution in [0.15, 0.2) is 53.6 Å². The summed E-state index contributed by atoms with van der Waals surface area (Å²) in [5, 5.41) is 6.57. The van der Waals surface area contributed by atoms with Crippen molar-refractivity contribution in [2.45, 2.75) is 38.3 Å². The summed E-state index contributed by atoms with van der Waals surface area (Å²) < 4.78 is 11.2. The number of amides is 2. The Bertz CT molecular complexity index is 862. The van der Waals surface area contributed by atoms with Gasteiger partial charge in [0, 0.05) is 6.04 Å². The first kappa shape index (κ1) is 20.4. The third-order valence-electron chi connectivity index (χ3n) is 4.70. The molecule has 0 aromatic heterocycles. The number of rotatable bonds is 7. The van der Waals surface area contributed by atoms with Crippen molar-refractivity contribution in [3.05, 3.63) is 59.7 Å². The van der Waals surface area contributed by atoms with E-state index in [1.54, 1.807) is 25.3 Å². The fraction of sp³-hybridized carbons (Fsp3) is 0.318. The normalized spacial score (nSPS) is 14.0. The molecule has 29 heavy (non-hydrogen) atoms. The van der Waals surface area contributed by atoms with E-state index in [-0.39, 0.29) is 6.04 Å². The molecule has 0 heterocycles. The number of ether oxygens (including phenoxy) is 2. The van der Waals surface area contributed by atoms with Crippen molar-refractivity contribution in [1.29, 1.82) is 0 Å². The van der Waals surface area contributed by atoms with E-state index in [9.17, 15) is 9.59 Å². The summed E-state index contributed by atoms with van der Waals surface area (Å²) in [6.45, 7) is 0.427. The van der Waals surface area contributed by atoms with Crippen molar-refractivity contribution in [3.63, 3.8) is 0 Å². The molecule has 1 aliphatic rings. The smallest absolute Gasteiger partial charge is 0.329 e. The van der Waals surface area contributed by atoms with Gasteiger partial charge in [0.05, 0.1) is 13.3 Å². The Hall–Kier alpha value is -3.35. The number of hydrazone groups is 1. The maximum atomic E-state index is 11.8. The van der Waals surface area contributed by atoms with Crippen LogP contribution >= 0.6 is 0 Å². The van der Waals surface area contributed by atoms with E-state index in [2.05, 4.69) is 15.8 Å². The van der Waals surface area contributed by atoms with Gasteiger partial charge in [-0.3, -0.25) is 9.59 Å². The summed E-state index contributed by atoms with van der Waals surface area (Å²) in [4.78, 5) is 23.7. The minimum absolute atomic E-state index is 0.0879. The lowest BCUT2D eigenvalue weighted by molar-refractivity contribution is -0.139. The molecule has 0 saturated heterocycles. The van der Waals surface area contributed by atoms with Gasteiger partial charge in [-0.15, -0.1) is 0 Å². The van der Waals surface area contributed by atoms with Crippen LogP contribution in [0.5, 0.6) is 11.5 Å². The van der Waals surface area contributed by atoms with Gasteiger partial charge in [0.2, 0.25) is 0 Å². The number of hydrogen-bond acceptors (Lipinski definition) is 5. The number of carbonyl (C=O) groups is 2. The van der Waals surface area contributed by atoms with E-state index < -0.39 is 11.8 Å². The van der Waals surface area contributed by atoms with Crippen LogP contribution < -0.4 is 20.2 Å². The molecule has 2 aromatic rings. The number of nitrogens with zero attached hydrogens (tertiary/aromatic N) is 1. The van der Waals surface area contributed by atoms with Gasteiger partial charge < -0.3 is 14.8 Å². The van der Waals surface area contributed by atoms with Crippen molar-refractivity contribution < 1.29 is 19.1 Å². The molecule has 0 bridgehead atoms. The Kier molecular flexibility index (Phi) is 7.22. The van der Waals surface area contributed by atoms with Crippen LogP contribution in [0.4, 0.5) is 0 Å². The van der Waals surface area contributed by atoms with Crippen LogP contribution in [-0.4, -0.2) is 31.2 Å². The largest absolute Gasteiger partial charge is 0.493 e. The number of methoxy groups -OCH3 is 1. The minimum atomic E-state index is -0.775. The van der Waals surface area contributed by atoms with E-state index in [1.807, 2.05) is 30.3 Å². The van der Waals surface area contributed by atoms with Gasteiger partial charge >= 0.3 is 11.8 Å². The quantitative estimate of drug-likeness (QED) is 0.429. The zero-order chi connectivity index (χ0) is 20.5. The van der Waals surface area contributed by atoms with Crippen LogP contribution in [0.2, 0.25) is 0 Å². The molecule has 1 saturated carbocycles. The van der Waals surface area contributed by atoms with Crippen LogP contribution in [0, 0.1) is 0 Å². The van der Waals surface area contributed by atoms with Gasteiger partial charge in [-0.05, 0) is 42.2 Å². The van der Waals surface area contributed by atoms with Gasteiger partial charge in [-0.2, -0.15) is 5.10 Å². The van der Waals surface area contributed by atoms with Gasteiger partial charge in [0.25, 0.3) is 0 Å². The molecule has 152 valence electrons. The lowest BCUT2D eigenvalue weighted by Crippen LogP contribution is -2.42. The summed E-state index contributed by atoms with van der Waals surface area (Å²) in [6, 6.07) is 15.2. The maximum absolute atomic E-state index is 11.8. The van der Waals surface area contributed by atoms with Crippen molar-refractivity contribution in [1.82, 2.24) is 10.7 Å². The molecular weight excluding hydrogens is 370 g/mol. The van der Waals surface area contributed by atoms with Crippen molar-refractivity contribution in [3.8, 4) is 11.5 Å². The van der Waals surface area contributed by atoms with Crippen molar-refractivity contribution in [2.24, 2.45) is 5.10 Å². The monoisotopic (exact) mass is 395 g/mol. The molecule has 0 aliphatic heterocycles. The summed E-state index contributed by atoms with van der Waals surface area (Å²) >= 11 is 0. The molecular formula is C22H25N3O4. The summed E-state index contributed by atoms with van der Waals surface area (Å²) in [6.07, 6.45) is 5.45. The van der Waals surface area contributed by atoms with Gasteiger partial charge in [0.1, 0.15) is 6.61 Å². The third-order valence-corrected chi connectivity index (χ3v) is 4.70. The SMILES string of the molecule is COc1cc(/C=N\NC(=O)C(=O)NC2CCCC2)ccc1OCc1ccccc1. The first-order valence-corrected chi connectivity index (χ1v) is 9.64. The van der Waals surface area contributed by atoms with Crippen LogP contribution in [0.25, 0.3) is 0 Å². The number of hydrogen-bond donors (Lipinski definition) is 2. The van der Waals surface area contributed by atoms with Crippen LogP contribution in [0.1, 0.15) is 36.8 Å². The molecule has 1 fully saturated rings. The Balaban J connectivity index is 1.53. The van der Waals surface area contributed by atoms with Crippen molar-refractivity contribution >= 4 is 18.0 Å². The number of benzene rings is 2. The van der Waals surface area contributed by atoms with E-state index >= 15 is 0 Å². The highest BCUT2D eigenvalue weighted by Gasteiger charge is 2.21. The van der Waals surface area contributed by atoms with Crippen LogP contribution in [-0.2, 0) is 16.2 Å². The Morgan fingerprint density at radius 2 is 1.83 bits per heavy atom. The van der Waals surface area contributed by atoms with E-state index in [0.717, 1.165) is 31.2 Å². The molecule has 0 unspecified atom stereocenters. The lowest BCUT2D eigenvalue weighted by Gasteiger charge is -2.11. The molecule has 1 aliphatic carbocycles. The molecule has 2 amide bonds. The van der Waals surface area contributed by atoms with Crippen molar-refractivity contribution in [2.75, 3.05) is 7.11 Å². The average molecular weight is 395 g/mol. The first-order chi connectivity index (χ1) is 14.2. The molecule has 0 radical (unpaired) electrons. The zero-order valence-electron chi connectivity index (χ0n) is 16.4. The zero-order valence-corrected chi connectivity index (χ0v) is 16.4. The van der Waals surface area contributed by atoms with E-state index in [1.165, 1.54) is 6.21 Å². The highest BCUT2D eigenvalue weighted by molar-refractivity contribution is 6.35. The Morgan fingerprint density at radius 1 is 1.07 bits per heavy atom. The summed E-state index contributed by atoms with van der Waals surface area (Å²) in [5.41, 5.74) is 4.00. The Labute approximate surface area is 170 Å². The predicted molar refractivity (Wildman–Crippen MR) is 110 cm³/mol. The standard InChI is InChI=1S/C22H25N3O4/c1-28-20-13-17(11-12-19(20)29-15-16-7-3-2-4-8-16)14-23-25-22(27)21(26)24-18-9-5-6-10-18/h2-4,7-8,11-14,18H,5-6,9-10,15H2,1H3,(H,24,26)(H,25,27)/b23-14-. The molecule has 2 N–H and O–H groups in total. The average Bonchev–Trinajstić information content (AvgIpc) is 3.26. The van der Waals surface area contributed by atoms with Gasteiger partial charge in [-0.1, -0.05) is 43.2 Å². The molecule has 2 aromatic carbocycles. The van der Waals surface area contributed by atoms with Crippen LogP contribution in [0.3, 0.4) is 0 Å². The molecule has 3 rings (SSSR count). The fourth-order valence-corrected chi connectivity index (χ4v) is 3.16. The second-order valence-corrected chi connectivity index (χ2v) is 6.84. The molecule has 7 nitrogen and oxygen atoms in total. The lowest BCUT2D eigenvalue weighted by atomic mass is 10.2. The molecule has 7 heteroatoms. The molecule has 0 spiro atoms. The highest BCUT2D eigenvalue weighted by Crippen LogP contribution is 2.28. The minimum Gasteiger partial charge on any atom is -0.493 e.